The van der Waals surface area contributed by atoms with Gasteiger partial charge in [0.1, 0.15) is 23.1 Å². The molecular weight excluding hydrogens is 406 g/mol. The molecule has 32 heavy (non-hydrogen) atoms. The van der Waals surface area contributed by atoms with E-state index in [-0.39, 0.29) is 11.7 Å². The number of fused-ring (bicyclic) bond motifs is 2. The number of nitrogens with zero attached hydrogens (tertiary/aromatic N) is 4. The number of amides is 1. The van der Waals surface area contributed by atoms with E-state index < -0.39 is 6.04 Å². The Bertz CT molecular complexity index is 1370. The molecule has 0 saturated carbocycles. The lowest BCUT2D eigenvalue weighted by atomic mass is 10.1. The molecule has 0 bridgehead atoms. The van der Waals surface area contributed by atoms with Gasteiger partial charge >= 0.3 is 0 Å². The van der Waals surface area contributed by atoms with Gasteiger partial charge in [-0.25, -0.2) is 9.97 Å². The van der Waals surface area contributed by atoms with Crippen molar-refractivity contribution in [1.82, 2.24) is 24.8 Å². The van der Waals surface area contributed by atoms with Crippen LogP contribution >= 0.6 is 0 Å². The first-order valence-corrected chi connectivity index (χ1v) is 10.5. The Hall–Kier alpha value is -4.20. The molecule has 158 valence electrons. The number of oxazole rings is 1. The molecule has 1 amide bonds. The van der Waals surface area contributed by atoms with Crippen LogP contribution in [-0.4, -0.2) is 37.3 Å². The van der Waals surface area contributed by atoms with Crippen LogP contribution in [-0.2, 0) is 6.42 Å². The number of hydrogen-bond acceptors (Lipinski definition) is 6. The van der Waals surface area contributed by atoms with Crippen molar-refractivity contribution in [3.8, 4) is 11.6 Å². The van der Waals surface area contributed by atoms with Crippen molar-refractivity contribution in [2.45, 2.75) is 18.9 Å². The maximum Gasteiger partial charge on any atom is 0.292 e. The minimum atomic E-state index is -0.470. The van der Waals surface area contributed by atoms with Gasteiger partial charge in [-0.15, -0.1) is 0 Å². The number of aromatic amines is 1. The number of aryl methyl sites for hydroxylation is 1. The Morgan fingerprint density at radius 3 is 2.84 bits per heavy atom. The van der Waals surface area contributed by atoms with Gasteiger partial charge in [0.05, 0.1) is 18.2 Å². The number of pyridine rings is 1. The smallest absolute Gasteiger partial charge is 0.292 e. The Labute approximate surface area is 182 Å². The number of para-hydroxylation sites is 1. The van der Waals surface area contributed by atoms with Crippen molar-refractivity contribution in [2.24, 2.45) is 0 Å². The first kappa shape index (κ1) is 18.6. The average molecular weight is 425 g/mol. The predicted octanol–water partition coefficient (Wildman–Crippen LogP) is 4.38. The number of aromatic nitrogens is 4. The number of carbonyl (C=O) groups is 1. The van der Waals surface area contributed by atoms with Crippen molar-refractivity contribution >= 4 is 16.9 Å². The molecule has 5 aromatic rings. The highest BCUT2D eigenvalue weighted by Crippen LogP contribution is 2.36. The number of furan rings is 1. The molecule has 8 heteroatoms. The number of H-pyrrole nitrogens is 1. The van der Waals surface area contributed by atoms with Gasteiger partial charge in [-0.3, -0.25) is 9.78 Å². The van der Waals surface area contributed by atoms with E-state index in [2.05, 4.69) is 19.9 Å². The maximum atomic E-state index is 13.6. The summed E-state index contributed by atoms with van der Waals surface area (Å²) in [6, 6.07) is 14.8. The topological polar surface area (TPSA) is 101 Å². The number of benzene rings is 1. The van der Waals surface area contributed by atoms with Crippen LogP contribution < -0.4 is 0 Å². The lowest BCUT2D eigenvalue weighted by molar-refractivity contribution is 0.0660. The fourth-order valence-corrected chi connectivity index (χ4v) is 4.24. The Morgan fingerprint density at radius 1 is 1.06 bits per heavy atom. The van der Waals surface area contributed by atoms with Gasteiger partial charge in [0.2, 0.25) is 11.7 Å². The molecule has 6 rings (SSSR count). The summed E-state index contributed by atoms with van der Waals surface area (Å²) in [6.07, 6.45) is 6.37. The Kier molecular flexibility index (Phi) is 4.34. The molecule has 1 N–H and O–H groups in total. The van der Waals surface area contributed by atoms with Gasteiger partial charge in [-0.2, -0.15) is 0 Å². The fourth-order valence-electron chi connectivity index (χ4n) is 4.24. The van der Waals surface area contributed by atoms with E-state index in [0.717, 1.165) is 35.2 Å². The van der Waals surface area contributed by atoms with Crippen LogP contribution in [0.2, 0.25) is 0 Å². The highest BCUT2D eigenvalue weighted by molar-refractivity contribution is 5.92. The van der Waals surface area contributed by atoms with Crippen molar-refractivity contribution < 1.29 is 13.6 Å². The molecule has 0 aliphatic carbocycles. The number of rotatable bonds is 3. The molecule has 4 aromatic heterocycles. The monoisotopic (exact) mass is 425 g/mol. The van der Waals surface area contributed by atoms with Crippen LogP contribution in [0.15, 0.2) is 76.1 Å². The van der Waals surface area contributed by atoms with E-state index in [1.54, 1.807) is 23.5 Å². The SMILES string of the molecule is O=C(c1cnc(-c2ccccn2)o1)N1CCCc2[nH]cnc2[C@H]1c1cc2ccccc2o1. The first-order chi connectivity index (χ1) is 15.8. The lowest BCUT2D eigenvalue weighted by Gasteiger charge is -2.27. The molecule has 5 heterocycles. The normalized spacial score (nSPS) is 16.1. The van der Waals surface area contributed by atoms with Crippen LogP contribution in [0.25, 0.3) is 22.6 Å². The molecule has 0 saturated heterocycles. The highest BCUT2D eigenvalue weighted by atomic mass is 16.4. The third-order valence-electron chi connectivity index (χ3n) is 5.72. The highest BCUT2D eigenvalue weighted by Gasteiger charge is 2.36. The van der Waals surface area contributed by atoms with E-state index in [1.165, 1.54) is 6.20 Å². The number of nitrogens with one attached hydrogen (secondary N) is 1. The first-order valence-electron chi connectivity index (χ1n) is 10.5. The molecular formula is C24H19N5O3. The number of imidazole rings is 1. The van der Waals surface area contributed by atoms with Gasteiger partial charge < -0.3 is 18.7 Å². The third-order valence-corrected chi connectivity index (χ3v) is 5.72. The summed E-state index contributed by atoms with van der Waals surface area (Å²) < 4.78 is 12.0. The standard InChI is InChI=1S/C24H19N5O3/c30-24(20-13-26-23(32-20)17-7-3-4-10-25-17)29-11-5-8-16-21(28-14-27-16)22(29)19-12-15-6-1-2-9-18(15)31-19/h1-4,6-7,9-10,12-14,22H,5,8,11H2,(H,27,28)/t22-/m1/s1. The molecule has 0 fully saturated rings. The van der Waals surface area contributed by atoms with Gasteiger partial charge in [0.25, 0.3) is 5.91 Å². The van der Waals surface area contributed by atoms with Crippen molar-refractivity contribution in [3.05, 3.63) is 90.2 Å². The van der Waals surface area contributed by atoms with Gasteiger partial charge in [0.15, 0.2) is 0 Å². The van der Waals surface area contributed by atoms with Crippen LogP contribution in [0.1, 0.15) is 40.2 Å². The summed E-state index contributed by atoms with van der Waals surface area (Å²) in [6.45, 7) is 0.532. The molecule has 1 atom stereocenters. The molecule has 1 aliphatic rings. The minimum absolute atomic E-state index is 0.158. The zero-order valence-corrected chi connectivity index (χ0v) is 17.1. The second kappa shape index (κ2) is 7.49. The Balaban J connectivity index is 1.42. The van der Waals surface area contributed by atoms with Crippen LogP contribution in [0.5, 0.6) is 0 Å². The van der Waals surface area contributed by atoms with Crippen molar-refractivity contribution in [3.63, 3.8) is 0 Å². The molecule has 0 radical (unpaired) electrons. The lowest BCUT2D eigenvalue weighted by Crippen LogP contribution is -2.35. The zero-order chi connectivity index (χ0) is 21.5. The van der Waals surface area contributed by atoms with E-state index in [9.17, 15) is 4.79 Å². The van der Waals surface area contributed by atoms with E-state index in [1.807, 2.05) is 42.5 Å². The number of carbonyl (C=O) groups excluding carboxylic acids is 1. The van der Waals surface area contributed by atoms with Gasteiger partial charge in [0, 0.05) is 23.8 Å². The summed E-state index contributed by atoms with van der Waals surface area (Å²) >= 11 is 0. The molecule has 1 aromatic carbocycles. The van der Waals surface area contributed by atoms with E-state index in [0.29, 0.717) is 23.9 Å². The second-order valence-corrected chi connectivity index (χ2v) is 7.70. The van der Waals surface area contributed by atoms with Crippen LogP contribution in [0.3, 0.4) is 0 Å². The average Bonchev–Trinajstić information content (AvgIpc) is 3.57. The number of hydrogen-bond donors (Lipinski definition) is 1. The summed E-state index contributed by atoms with van der Waals surface area (Å²) in [5.41, 5.74) is 3.15. The minimum Gasteiger partial charge on any atom is -0.458 e. The summed E-state index contributed by atoms with van der Waals surface area (Å²) in [7, 11) is 0. The van der Waals surface area contributed by atoms with Gasteiger partial charge in [-0.1, -0.05) is 24.3 Å². The summed E-state index contributed by atoms with van der Waals surface area (Å²) in [5, 5.41) is 0.980. The fraction of sp³-hybridized carbons (Fsp3) is 0.167. The Morgan fingerprint density at radius 2 is 1.97 bits per heavy atom. The van der Waals surface area contributed by atoms with E-state index in [4.69, 9.17) is 8.83 Å². The zero-order valence-electron chi connectivity index (χ0n) is 17.1. The van der Waals surface area contributed by atoms with E-state index >= 15 is 0 Å². The molecule has 8 nitrogen and oxygen atoms in total. The second-order valence-electron chi connectivity index (χ2n) is 7.70. The molecule has 0 unspecified atom stereocenters. The third kappa shape index (κ3) is 3.08. The quantitative estimate of drug-likeness (QED) is 0.460. The van der Waals surface area contributed by atoms with Crippen LogP contribution in [0.4, 0.5) is 0 Å². The van der Waals surface area contributed by atoms with Crippen LogP contribution in [0, 0.1) is 0 Å². The predicted molar refractivity (Wildman–Crippen MR) is 116 cm³/mol. The van der Waals surface area contributed by atoms with Crippen molar-refractivity contribution in [2.75, 3.05) is 6.54 Å². The maximum absolute atomic E-state index is 13.6. The molecule has 1 aliphatic heterocycles. The summed E-state index contributed by atoms with van der Waals surface area (Å²) in [4.78, 5) is 31.7. The summed E-state index contributed by atoms with van der Waals surface area (Å²) in [5.74, 6) is 0.871. The molecule has 0 spiro atoms. The largest absolute Gasteiger partial charge is 0.458 e. The van der Waals surface area contributed by atoms with Gasteiger partial charge in [-0.05, 0) is 37.1 Å². The van der Waals surface area contributed by atoms with Crippen molar-refractivity contribution in [1.29, 1.82) is 0 Å².